The maximum Gasteiger partial charge on any atom is 0.315 e. The molecule has 0 saturated carbocycles. The number of hydrogen-bond donors (Lipinski definition) is 3. The van der Waals surface area contributed by atoms with Gasteiger partial charge in [-0.05, 0) is 36.5 Å². The molecule has 0 aromatic heterocycles. The number of benzene rings is 1. The third kappa shape index (κ3) is 4.61. The van der Waals surface area contributed by atoms with Crippen LogP contribution in [0.3, 0.4) is 0 Å². The van der Waals surface area contributed by atoms with E-state index in [-0.39, 0.29) is 29.8 Å². The second kappa shape index (κ2) is 7.88. The second-order valence-electron chi connectivity index (χ2n) is 7.69. The lowest BCUT2D eigenvalue weighted by Gasteiger charge is -2.16. The van der Waals surface area contributed by atoms with Crippen molar-refractivity contribution in [1.82, 2.24) is 10.6 Å². The third-order valence-electron chi connectivity index (χ3n) is 5.33. The fourth-order valence-corrected chi connectivity index (χ4v) is 6.08. The predicted octanol–water partition coefficient (Wildman–Crippen LogP) is 2.16. The highest BCUT2D eigenvalue weighted by molar-refractivity contribution is 7.92. The van der Waals surface area contributed by atoms with Gasteiger partial charge in [0.1, 0.15) is 0 Å². The molecule has 0 aliphatic carbocycles. The van der Waals surface area contributed by atoms with Crippen LogP contribution in [-0.2, 0) is 14.6 Å². The van der Waals surface area contributed by atoms with E-state index in [2.05, 4.69) is 29.8 Å². The Morgan fingerprint density at radius 1 is 1.19 bits per heavy atom. The summed E-state index contributed by atoms with van der Waals surface area (Å²) in [5, 5.41) is 7.67. The second-order valence-corrected chi connectivity index (χ2v) is 9.95. The topological polar surface area (TPSA) is 104 Å². The summed E-state index contributed by atoms with van der Waals surface area (Å²) in [4.78, 5) is 23.5. The molecule has 3 amide bonds. The van der Waals surface area contributed by atoms with Crippen molar-refractivity contribution in [1.29, 1.82) is 0 Å². The normalized spacial score (nSPS) is 25.7. The highest BCUT2D eigenvalue weighted by Crippen LogP contribution is 2.28. The van der Waals surface area contributed by atoms with Crippen LogP contribution in [0.4, 0.5) is 10.5 Å². The van der Waals surface area contributed by atoms with Crippen molar-refractivity contribution in [2.75, 3.05) is 11.1 Å². The summed E-state index contributed by atoms with van der Waals surface area (Å²) in [5.74, 6) is 0.366. The summed E-state index contributed by atoms with van der Waals surface area (Å²) in [7, 11) is -3.21. The quantitative estimate of drug-likeness (QED) is 0.488. The van der Waals surface area contributed by atoms with E-state index < -0.39 is 15.1 Å². The van der Waals surface area contributed by atoms with Gasteiger partial charge in [-0.15, -0.1) is 0 Å². The van der Waals surface area contributed by atoms with Gasteiger partial charge in [0.25, 0.3) is 0 Å². The Kier molecular flexibility index (Phi) is 5.74. The van der Waals surface area contributed by atoms with Crippen LogP contribution >= 0.6 is 0 Å². The van der Waals surface area contributed by atoms with Crippen LogP contribution in [-0.4, -0.2) is 43.4 Å². The van der Waals surface area contributed by atoms with Crippen LogP contribution in [0.15, 0.2) is 24.3 Å². The summed E-state index contributed by atoms with van der Waals surface area (Å²) >= 11 is 0. The van der Waals surface area contributed by atoms with Crippen LogP contribution in [0, 0.1) is 0 Å². The zero-order valence-corrected chi connectivity index (χ0v) is 16.5. The van der Waals surface area contributed by atoms with Crippen LogP contribution in [0.25, 0.3) is 0 Å². The molecule has 2 fully saturated rings. The van der Waals surface area contributed by atoms with Crippen molar-refractivity contribution in [3.05, 3.63) is 29.8 Å². The van der Waals surface area contributed by atoms with Gasteiger partial charge in [-0.2, -0.15) is 0 Å². The third-order valence-corrected chi connectivity index (χ3v) is 7.60. The zero-order valence-electron chi connectivity index (χ0n) is 15.7. The Morgan fingerprint density at radius 2 is 1.89 bits per heavy atom. The first-order valence-corrected chi connectivity index (χ1v) is 11.2. The van der Waals surface area contributed by atoms with Crippen molar-refractivity contribution in [2.24, 2.45) is 0 Å². The monoisotopic (exact) mass is 393 g/mol. The van der Waals surface area contributed by atoms with Crippen molar-refractivity contribution in [3.63, 3.8) is 0 Å². The van der Waals surface area contributed by atoms with E-state index in [9.17, 15) is 18.0 Å². The molecule has 2 aliphatic rings. The van der Waals surface area contributed by atoms with Crippen molar-refractivity contribution in [3.8, 4) is 0 Å². The number of fused-ring (bicyclic) bond motifs is 1. The first-order chi connectivity index (χ1) is 12.8. The van der Waals surface area contributed by atoms with E-state index in [4.69, 9.17) is 0 Å². The highest BCUT2D eigenvalue weighted by atomic mass is 32.2. The molecule has 0 bridgehead atoms. The van der Waals surface area contributed by atoms with Gasteiger partial charge in [0, 0.05) is 12.1 Å². The predicted molar refractivity (Wildman–Crippen MR) is 104 cm³/mol. The molecule has 3 N–H and O–H groups in total. The fraction of sp³-hybridized carbons (Fsp3) is 0.579. The number of unbranched alkanes of at least 4 members (excludes halogenated alkanes) is 1. The van der Waals surface area contributed by atoms with Gasteiger partial charge in [-0.25, -0.2) is 13.2 Å². The van der Waals surface area contributed by atoms with E-state index in [1.807, 2.05) is 24.3 Å². The molecule has 3 rings (SSSR count). The first kappa shape index (κ1) is 19.7. The fourth-order valence-electron chi connectivity index (χ4n) is 3.81. The van der Waals surface area contributed by atoms with Crippen LogP contribution < -0.4 is 16.0 Å². The number of amides is 3. The largest absolute Gasteiger partial charge is 0.332 e. The molecule has 148 valence electrons. The van der Waals surface area contributed by atoms with Gasteiger partial charge in [0.15, 0.2) is 9.84 Å². The van der Waals surface area contributed by atoms with Gasteiger partial charge in [-0.1, -0.05) is 32.4 Å². The number of carbonyl (C=O) groups excluding carboxylic acids is 2. The number of urea groups is 1. The molecular formula is C19H27N3O4S. The average molecular weight is 394 g/mol. The lowest BCUT2D eigenvalue weighted by molar-refractivity contribution is -0.116. The average Bonchev–Trinajstić information content (AvgIpc) is 3.04. The van der Waals surface area contributed by atoms with Gasteiger partial charge in [0.2, 0.25) is 5.91 Å². The van der Waals surface area contributed by atoms with E-state index in [0.29, 0.717) is 31.6 Å². The Morgan fingerprint density at radius 3 is 2.56 bits per heavy atom. The standard InChI is InChI=1S/C19H27N3O4S/c1-12(2)13-7-9-14(10-8-13)20-17(23)6-4-3-5-16-18-15(11-27(16,25)26)21-19(24)22-18/h7-10,12,15-16,18H,3-6,11H2,1-2H3,(H,20,23)(H2,21,22,24). The number of carbonyl (C=O) groups is 2. The number of rotatable bonds is 7. The molecule has 1 aromatic rings. The molecule has 3 atom stereocenters. The summed E-state index contributed by atoms with van der Waals surface area (Å²) in [6.45, 7) is 4.24. The number of hydrogen-bond acceptors (Lipinski definition) is 4. The Labute approximate surface area is 160 Å². The molecular weight excluding hydrogens is 366 g/mol. The summed E-state index contributed by atoms with van der Waals surface area (Å²) in [6.07, 6.45) is 2.04. The van der Waals surface area contributed by atoms with E-state index >= 15 is 0 Å². The molecule has 0 spiro atoms. The minimum atomic E-state index is -3.21. The molecule has 0 radical (unpaired) electrons. The van der Waals surface area contributed by atoms with Crippen molar-refractivity contribution in [2.45, 2.75) is 62.8 Å². The highest BCUT2D eigenvalue weighted by Gasteiger charge is 2.51. The van der Waals surface area contributed by atoms with Crippen LogP contribution in [0.2, 0.25) is 0 Å². The van der Waals surface area contributed by atoms with Crippen molar-refractivity contribution < 1.29 is 18.0 Å². The Bertz CT molecular complexity index is 805. The maximum atomic E-state index is 12.3. The smallest absolute Gasteiger partial charge is 0.315 e. The Hall–Kier alpha value is -2.09. The number of anilines is 1. The molecule has 2 aliphatic heterocycles. The Balaban J connectivity index is 1.43. The molecule has 3 unspecified atom stereocenters. The molecule has 1 aromatic carbocycles. The van der Waals surface area contributed by atoms with Crippen LogP contribution in [0.1, 0.15) is 51.0 Å². The van der Waals surface area contributed by atoms with Gasteiger partial charge in [0.05, 0.1) is 23.1 Å². The lowest BCUT2D eigenvalue weighted by Crippen LogP contribution is -2.39. The number of nitrogens with one attached hydrogen (secondary N) is 3. The maximum absolute atomic E-state index is 12.3. The van der Waals surface area contributed by atoms with Crippen molar-refractivity contribution >= 4 is 27.5 Å². The first-order valence-electron chi connectivity index (χ1n) is 9.44. The lowest BCUT2D eigenvalue weighted by atomic mass is 10.0. The summed E-state index contributed by atoms with van der Waals surface area (Å²) in [5.41, 5.74) is 1.99. The molecule has 7 nitrogen and oxygen atoms in total. The SMILES string of the molecule is CC(C)c1ccc(NC(=O)CCCCC2C3NC(=O)NC3CS2(=O)=O)cc1. The molecule has 2 heterocycles. The molecule has 2 saturated heterocycles. The summed E-state index contributed by atoms with van der Waals surface area (Å²) in [6, 6.07) is 6.83. The minimum Gasteiger partial charge on any atom is -0.332 e. The van der Waals surface area contributed by atoms with Gasteiger partial charge >= 0.3 is 6.03 Å². The van der Waals surface area contributed by atoms with E-state index in [1.165, 1.54) is 5.56 Å². The van der Waals surface area contributed by atoms with E-state index in [1.54, 1.807) is 0 Å². The summed E-state index contributed by atoms with van der Waals surface area (Å²) < 4.78 is 24.5. The van der Waals surface area contributed by atoms with Gasteiger partial charge in [-0.3, -0.25) is 4.79 Å². The minimum absolute atomic E-state index is 0.00602. The van der Waals surface area contributed by atoms with Gasteiger partial charge < -0.3 is 16.0 Å². The molecule has 27 heavy (non-hydrogen) atoms. The van der Waals surface area contributed by atoms with Crippen LogP contribution in [0.5, 0.6) is 0 Å². The van der Waals surface area contributed by atoms with E-state index in [0.717, 1.165) is 5.69 Å². The zero-order chi connectivity index (χ0) is 19.6. The molecule has 8 heteroatoms. The number of sulfone groups is 1.